The molecule has 10 unspecified atom stereocenters. The van der Waals surface area contributed by atoms with Crippen molar-refractivity contribution in [2.24, 2.45) is 10.8 Å². The van der Waals surface area contributed by atoms with E-state index in [1.165, 1.54) is 11.6 Å². The number of ether oxygens (including phenoxy) is 6. The smallest absolute Gasteiger partial charge is 0.338 e. The summed E-state index contributed by atoms with van der Waals surface area (Å²) in [5.41, 5.74) is -1.25. The number of carbonyl (C=O) groups is 2. The highest BCUT2D eigenvalue weighted by molar-refractivity contribution is 5.82. The molecule has 9 nitrogen and oxygen atoms in total. The number of cyclic esters (lactones) is 1. The number of fused-ring (bicyclic) bond motifs is 1. The number of aliphatic hydroxyl groups is 1. The second-order valence-corrected chi connectivity index (χ2v) is 12.2. The van der Waals surface area contributed by atoms with E-state index in [-0.39, 0.29) is 25.4 Å². The van der Waals surface area contributed by atoms with Gasteiger partial charge in [0.25, 0.3) is 0 Å². The second kappa shape index (κ2) is 8.99. The van der Waals surface area contributed by atoms with Crippen molar-refractivity contribution in [2.45, 2.75) is 101 Å². The van der Waals surface area contributed by atoms with Crippen molar-refractivity contribution < 1.29 is 43.1 Å². The van der Waals surface area contributed by atoms with Gasteiger partial charge < -0.3 is 33.5 Å². The Hall–Kier alpha value is -2.04. The van der Waals surface area contributed by atoms with Gasteiger partial charge in [-0.15, -0.1) is 0 Å². The molecule has 2 bridgehead atoms. The number of epoxide rings is 2. The van der Waals surface area contributed by atoms with Crippen molar-refractivity contribution in [3.63, 3.8) is 0 Å². The van der Waals surface area contributed by atoms with Crippen LogP contribution >= 0.6 is 0 Å². The van der Waals surface area contributed by atoms with Crippen molar-refractivity contribution in [2.75, 3.05) is 19.8 Å². The summed E-state index contributed by atoms with van der Waals surface area (Å²) in [5, 5.41) is 10.1. The van der Waals surface area contributed by atoms with E-state index in [1.807, 2.05) is 6.92 Å². The Morgan fingerprint density at radius 2 is 1.89 bits per heavy atom. The van der Waals surface area contributed by atoms with Crippen LogP contribution in [0.25, 0.3) is 0 Å². The molecule has 4 fully saturated rings. The average molecular weight is 531 g/mol. The number of allylic oxidation sites excluding steroid dienone is 3. The highest BCUT2D eigenvalue weighted by Gasteiger charge is 2.83. The molecule has 1 saturated carbocycles. The summed E-state index contributed by atoms with van der Waals surface area (Å²) in [6.45, 7) is 8.66. The molecule has 0 aromatic rings. The molecular weight excluding hydrogens is 492 g/mol. The standard InChI is InChI=1S/C29H38O9/c1-17-9-10-28-15-34-25(32)24-26(3,38-24)11-12-33-19(18(2)30)7-5-6-8-23(31)37-20-14-22(36-21(28)13-17)29(16-35-29)27(20,28)4/h5-8,13,18-22,24,30H,9-12,14-16H2,1-4H3/b7-5+,8-6+. The number of rotatable bonds is 1. The lowest BCUT2D eigenvalue weighted by Gasteiger charge is -2.58. The van der Waals surface area contributed by atoms with Crippen LogP contribution in [0.1, 0.15) is 53.4 Å². The van der Waals surface area contributed by atoms with Crippen LogP contribution in [-0.2, 0) is 38.0 Å². The Morgan fingerprint density at radius 1 is 1.11 bits per heavy atom. The first-order chi connectivity index (χ1) is 18.0. The van der Waals surface area contributed by atoms with E-state index in [9.17, 15) is 14.7 Å². The molecule has 6 rings (SSSR count). The molecule has 9 heteroatoms. The first-order valence-corrected chi connectivity index (χ1v) is 13.7. The molecular formula is C29H38O9. The van der Waals surface area contributed by atoms with Crippen LogP contribution < -0.4 is 0 Å². The van der Waals surface area contributed by atoms with Gasteiger partial charge in [0.05, 0.1) is 36.9 Å². The van der Waals surface area contributed by atoms with Crippen molar-refractivity contribution in [1.82, 2.24) is 0 Å². The van der Waals surface area contributed by atoms with Gasteiger partial charge in [0, 0.05) is 24.3 Å². The van der Waals surface area contributed by atoms with Crippen LogP contribution in [0, 0.1) is 10.8 Å². The predicted octanol–water partition coefficient (Wildman–Crippen LogP) is 2.55. The SMILES string of the molecule is CC1=CC2OC3CC4OC(=O)/C=C/C=C/C(C(C)O)OCCC5(C)OC5C(=O)OCC2(CC1)C4(C)C31CO1. The summed E-state index contributed by atoms with van der Waals surface area (Å²) in [7, 11) is 0. The molecule has 0 amide bonds. The third-order valence-corrected chi connectivity index (χ3v) is 10.1. The molecule has 1 N–H and O–H groups in total. The van der Waals surface area contributed by atoms with E-state index in [0.29, 0.717) is 19.4 Å². The summed E-state index contributed by atoms with van der Waals surface area (Å²) in [4.78, 5) is 26.2. The minimum atomic E-state index is -0.754. The highest BCUT2D eigenvalue weighted by atomic mass is 16.7. The quantitative estimate of drug-likeness (QED) is 0.310. The fraction of sp³-hybridized carbons (Fsp3) is 0.724. The van der Waals surface area contributed by atoms with Crippen molar-refractivity contribution in [3.05, 3.63) is 36.0 Å². The Kier molecular flexibility index (Phi) is 6.20. The Morgan fingerprint density at radius 3 is 2.63 bits per heavy atom. The molecule has 2 aliphatic carbocycles. The van der Waals surface area contributed by atoms with E-state index in [0.717, 1.165) is 12.8 Å². The molecule has 208 valence electrons. The zero-order valence-corrected chi connectivity index (χ0v) is 22.5. The first-order valence-electron chi connectivity index (χ1n) is 13.7. The maximum Gasteiger partial charge on any atom is 0.338 e. The topological polar surface area (TPSA) is 116 Å². The Bertz CT molecular complexity index is 1090. The van der Waals surface area contributed by atoms with Gasteiger partial charge in [-0.05, 0) is 33.6 Å². The van der Waals surface area contributed by atoms with E-state index >= 15 is 0 Å². The summed E-state index contributed by atoms with van der Waals surface area (Å²) in [5.74, 6) is -0.876. The lowest BCUT2D eigenvalue weighted by molar-refractivity contribution is -0.233. The molecule has 0 aromatic carbocycles. The maximum atomic E-state index is 13.2. The van der Waals surface area contributed by atoms with Crippen molar-refractivity contribution in [1.29, 1.82) is 0 Å². The Labute approximate surface area is 223 Å². The predicted molar refractivity (Wildman–Crippen MR) is 134 cm³/mol. The first kappa shape index (κ1) is 26.2. The number of carbonyl (C=O) groups excluding carboxylic acids is 2. The van der Waals surface area contributed by atoms with Crippen molar-refractivity contribution in [3.8, 4) is 0 Å². The number of hydrogen-bond acceptors (Lipinski definition) is 9. The minimum Gasteiger partial charge on any atom is -0.463 e. The fourth-order valence-electron chi connectivity index (χ4n) is 7.37. The van der Waals surface area contributed by atoms with E-state index in [1.54, 1.807) is 25.2 Å². The summed E-state index contributed by atoms with van der Waals surface area (Å²) < 4.78 is 36.6. The van der Waals surface area contributed by atoms with Crippen LogP contribution in [0.4, 0.5) is 0 Å². The van der Waals surface area contributed by atoms with Crippen molar-refractivity contribution >= 4 is 11.9 Å². The molecule has 10 atom stereocenters. The average Bonchev–Trinajstić information content (AvgIpc) is 3.77. The molecule has 3 saturated heterocycles. The lowest BCUT2D eigenvalue weighted by Crippen LogP contribution is -2.66. The second-order valence-electron chi connectivity index (χ2n) is 12.2. The molecule has 4 aliphatic heterocycles. The van der Waals surface area contributed by atoms with Gasteiger partial charge in [-0.25, -0.2) is 9.59 Å². The number of hydrogen-bond donors (Lipinski definition) is 1. The van der Waals surface area contributed by atoms with Gasteiger partial charge in [0.1, 0.15) is 30.0 Å². The van der Waals surface area contributed by atoms with Crippen LogP contribution in [0.2, 0.25) is 0 Å². The molecule has 2 spiro atoms. The van der Waals surface area contributed by atoms with Crippen LogP contribution in [0.3, 0.4) is 0 Å². The normalized spacial score (nSPS) is 50.8. The van der Waals surface area contributed by atoms with Gasteiger partial charge in [0.2, 0.25) is 0 Å². The van der Waals surface area contributed by atoms with Crippen LogP contribution in [0.5, 0.6) is 0 Å². The number of aliphatic hydroxyl groups excluding tert-OH is 1. The highest BCUT2D eigenvalue weighted by Crippen LogP contribution is 2.72. The monoisotopic (exact) mass is 530 g/mol. The Balaban J connectivity index is 1.35. The van der Waals surface area contributed by atoms with E-state index in [4.69, 9.17) is 28.4 Å². The molecule has 0 aromatic heterocycles. The zero-order chi connectivity index (χ0) is 26.9. The third-order valence-electron chi connectivity index (χ3n) is 10.1. The fourth-order valence-corrected chi connectivity index (χ4v) is 7.37. The third kappa shape index (κ3) is 3.84. The summed E-state index contributed by atoms with van der Waals surface area (Å²) in [6.07, 6.45) is 8.08. The minimum absolute atomic E-state index is 0.123. The molecule has 6 aliphatic rings. The summed E-state index contributed by atoms with van der Waals surface area (Å²) in [6, 6.07) is 0. The largest absolute Gasteiger partial charge is 0.463 e. The van der Waals surface area contributed by atoms with Gasteiger partial charge in [-0.2, -0.15) is 0 Å². The van der Waals surface area contributed by atoms with E-state index in [2.05, 4.69) is 19.9 Å². The molecule has 38 heavy (non-hydrogen) atoms. The van der Waals surface area contributed by atoms with Gasteiger partial charge in [-0.1, -0.05) is 36.8 Å². The number of esters is 2. The molecule has 4 heterocycles. The van der Waals surface area contributed by atoms with Crippen LogP contribution in [-0.4, -0.2) is 84.7 Å². The summed E-state index contributed by atoms with van der Waals surface area (Å²) >= 11 is 0. The van der Waals surface area contributed by atoms with Gasteiger partial charge >= 0.3 is 11.9 Å². The van der Waals surface area contributed by atoms with E-state index < -0.39 is 58.4 Å². The van der Waals surface area contributed by atoms with Gasteiger partial charge in [0.15, 0.2) is 6.10 Å². The van der Waals surface area contributed by atoms with Crippen LogP contribution in [0.15, 0.2) is 36.0 Å². The van der Waals surface area contributed by atoms with Gasteiger partial charge in [-0.3, -0.25) is 0 Å². The maximum absolute atomic E-state index is 13.2. The zero-order valence-electron chi connectivity index (χ0n) is 22.5. The molecule has 0 radical (unpaired) electrons. The lowest BCUT2D eigenvalue weighted by atomic mass is 9.51.